The molecule has 4 heteroatoms. The zero-order valence-corrected chi connectivity index (χ0v) is 12.7. The molecule has 0 spiro atoms. The molecule has 1 heterocycles. The molecular weight excluding hydrogens is 314 g/mol. The third-order valence-electron chi connectivity index (χ3n) is 2.73. The van der Waals surface area contributed by atoms with E-state index in [9.17, 15) is 0 Å². The van der Waals surface area contributed by atoms with Crippen LogP contribution in [-0.4, -0.2) is 6.54 Å². The molecule has 0 bridgehead atoms. The van der Waals surface area contributed by atoms with Gasteiger partial charge in [0.05, 0.1) is 6.04 Å². The number of hydrogen-bond donors (Lipinski definition) is 1. The third-order valence-corrected chi connectivity index (χ3v) is 3.55. The lowest BCUT2D eigenvalue weighted by Crippen LogP contribution is -2.21. The molecule has 0 aliphatic heterocycles. The van der Waals surface area contributed by atoms with Crippen LogP contribution >= 0.6 is 27.5 Å². The minimum absolute atomic E-state index is 0.00991. The Morgan fingerprint density at radius 3 is 2.67 bits per heavy atom. The largest absolute Gasteiger partial charge is 0.464 e. The van der Waals surface area contributed by atoms with Gasteiger partial charge in [-0.15, -0.1) is 0 Å². The summed E-state index contributed by atoms with van der Waals surface area (Å²) >= 11 is 9.72. The summed E-state index contributed by atoms with van der Waals surface area (Å²) in [6, 6.07) is 9.84. The normalized spacial score (nSPS) is 12.7. The van der Waals surface area contributed by atoms with Crippen molar-refractivity contribution < 1.29 is 4.42 Å². The van der Waals surface area contributed by atoms with Gasteiger partial charge in [0.1, 0.15) is 11.5 Å². The lowest BCUT2D eigenvalue weighted by molar-refractivity contribution is 0.435. The molecule has 2 rings (SSSR count). The first-order chi connectivity index (χ1) is 8.61. The van der Waals surface area contributed by atoms with Crippen LogP contribution in [0.4, 0.5) is 0 Å². The molecule has 96 valence electrons. The fraction of sp³-hybridized carbons (Fsp3) is 0.286. The topological polar surface area (TPSA) is 25.2 Å². The van der Waals surface area contributed by atoms with Crippen LogP contribution in [0.1, 0.15) is 30.0 Å². The van der Waals surface area contributed by atoms with Crippen molar-refractivity contribution in [1.82, 2.24) is 5.32 Å². The van der Waals surface area contributed by atoms with E-state index < -0.39 is 0 Å². The van der Waals surface area contributed by atoms with Crippen molar-refractivity contribution in [1.29, 1.82) is 0 Å². The first-order valence-corrected chi connectivity index (χ1v) is 7.03. The molecule has 2 nitrogen and oxygen atoms in total. The van der Waals surface area contributed by atoms with Crippen LogP contribution in [-0.2, 0) is 0 Å². The van der Waals surface area contributed by atoms with Crippen LogP contribution in [0.2, 0.25) is 5.02 Å². The van der Waals surface area contributed by atoms with E-state index in [0.29, 0.717) is 0 Å². The van der Waals surface area contributed by atoms with E-state index in [0.717, 1.165) is 33.1 Å². The second-order valence-corrected chi connectivity index (χ2v) is 5.43. The van der Waals surface area contributed by atoms with Crippen LogP contribution in [0.15, 0.2) is 39.2 Å². The number of aryl methyl sites for hydroxylation is 1. The molecule has 18 heavy (non-hydrogen) atoms. The minimum Gasteiger partial charge on any atom is -0.464 e. The van der Waals surface area contributed by atoms with Gasteiger partial charge in [-0.2, -0.15) is 0 Å². The minimum atomic E-state index is -0.00991. The Morgan fingerprint density at radius 2 is 2.11 bits per heavy atom. The number of rotatable bonds is 4. The molecule has 0 amide bonds. The summed E-state index contributed by atoms with van der Waals surface area (Å²) in [6.45, 7) is 4.85. The Kier molecular flexibility index (Phi) is 4.49. The smallest absolute Gasteiger partial charge is 0.125 e. The van der Waals surface area contributed by atoms with E-state index >= 15 is 0 Å². The second-order valence-electron chi connectivity index (χ2n) is 4.10. The quantitative estimate of drug-likeness (QED) is 0.880. The Hall–Kier alpha value is -0.770. The first-order valence-electron chi connectivity index (χ1n) is 5.86. The van der Waals surface area contributed by atoms with Crippen molar-refractivity contribution >= 4 is 27.5 Å². The predicted molar refractivity (Wildman–Crippen MR) is 78.1 cm³/mol. The van der Waals surface area contributed by atoms with Gasteiger partial charge < -0.3 is 9.73 Å². The van der Waals surface area contributed by atoms with Crippen molar-refractivity contribution in [3.8, 4) is 0 Å². The third kappa shape index (κ3) is 2.97. The van der Waals surface area contributed by atoms with Crippen molar-refractivity contribution in [3.05, 3.63) is 56.9 Å². The number of hydrogen-bond acceptors (Lipinski definition) is 2. The molecule has 0 radical (unpaired) electrons. The molecule has 1 aromatic carbocycles. The lowest BCUT2D eigenvalue weighted by Gasteiger charge is -2.17. The van der Waals surface area contributed by atoms with Crippen molar-refractivity contribution in [3.63, 3.8) is 0 Å². The Balaban J connectivity index is 2.41. The maximum Gasteiger partial charge on any atom is 0.125 e. The fourth-order valence-electron chi connectivity index (χ4n) is 1.91. The highest BCUT2D eigenvalue weighted by Crippen LogP contribution is 2.31. The number of nitrogens with one attached hydrogen (secondary N) is 1. The average molecular weight is 329 g/mol. The van der Waals surface area contributed by atoms with Gasteiger partial charge in [0, 0.05) is 9.50 Å². The van der Waals surface area contributed by atoms with Gasteiger partial charge in [-0.25, -0.2) is 0 Å². The van der Waals surface area contributed by atoms with E-state index in [1.807, 2.05) is 37.3 Å². The number of furan rings is 1. The molecule has 1 atom stereocenters. The summed E-state index contributed by atoms with van der Waals surface area (Å²) in [6.07, 6.45) is 0. The van der Waals surface area contributed by atoms with Gasteiger partial charge in [0.15, 0.2) is 0 Å². The number of halogens is 2. The molecule has 1 aromatic heterocycles. The van der Waals surface area contributed by atoms with E-state index in [4.69, 9.17) is 16.0 Å². The Bertz CT molecular complexity index is 538. The van der Waals surface area contributed by atoms with Gasteiger partial charge in [0.2, 0.25) is 0 Å². The second kappa shape index (κ2) is 5.91. The van der Waals surface area contributed by atoms with E-state index in [1.165, 1.54) is 0 Å². The molecule has 0 fully saturated rings. The maximum absolute atomic E-state index is 6.31. The van der Waals surface area contributed by atoms with Crippen molar-refractivity contribution in [2.45, 2.75) is 19.9 Å². The summed E-state index contributed by atoms with van der Waals surface area (Å²) < 4.78 is 6.68. The fourth-order valence-corrected chi connectivity index (χ4v) is 2.69. The highest BCUT2D eigenvalue weighted by Gasteiger charge is 2.19. The Labute approximate surface area is 120 Å². The van der Waals surface area contributed by atoms with Crippen LogP contribution in [0, 0.1) is 6.92 Å². The van der Waals surface area contributed by atoms with Gasteiger partial charge in [0.25, 0.3) is 0 Å². The zero-order valence-electron chi connectivity index (χ0n) is 10.3. The number of benzene rings is 1. The Morgan fingerprint density at radius 1 is 1.33 bits per heavy atom. The molecule has 0 saturated carbocycles. The maximum atomic E-state index is 6.31. The van der Waals surface area contributed by atoms with Gasteiger partial charge in [-0.1, -0.05) is 40.5 Å². The SMILES string of the molecule is CCNC(c1ccc(C)o1)c1ccc(Br)cc1Cl. The van der Waals surface area contributed by atoms with Crippen molar-refractivity contribution in [2.75, 3.05) is 6.54 Å². The standard InChI is InChI=1S/C14H15BrClNO/c1-3-17-14(13-7-4-9(2)18-13)11-6-5-10(15)8-12(11)16/h4-8,14,17H,3H2,1-2H3. The highest BCUT2D eigenvalue weighted by atomic mass is 79.9. The average Bonchev–Trinajstić information content (AvgIpc) is 2.73. The summed E-state index contributed by atoms with van der Waals surface area (Å²) in [5.41, 5.74) is 1.02. The van der Waals surface area contributed by atoms with Gasteiger partial charge in [-0.05, 0) is 43.3 Å². The molecule has 0 aliphatic rings. The van der Waals surface area contributed by atoms with Crippen LogP contribution in [0.25, 0.3) is 0 Å². The van der Waals surface area contributed by atoms with E-state index in [2.05, 4.69) is 28.2 Å². The molecule has 0 aliphatic carbocycles. The summed E-state index contributed by atoms with van der Waals surface area (Å²) in [4.78, 5) is 0. The predicted octanol–water partition coefficient (Wildman–Crippen LogP) is 4.70. The lowest BCUT2D eigenvalue weighted by atomic mass is 10.0. The van der Waals surface area contributed by atoms with Crippen molar-refractivity contribution in [2.24, 2.45) is 0 Å². The van der Waals surface area contributed by atoms with E-state index in [-0.39, 0.29) is 6.04 Å². The summed E-state index contributed by atoms with van der Waals surface area (Å²) in [5, 5.41) is 4.12. The zero-order chi connectivity index (χ0) is 13.1. The molecule has 2 aromatic rings. The molecule has 1 N–H and O–H groups in total. The van der Waals surface area contributed by atoms with Crippen LogP contribution in [0.5, 0.6) is 0 Å². The highest BCUT2D eigenvalue weighted by molar-refractivity contribution is 9.10. The van der Waals surface area contributed by atoms with Gasteiger partial charge >= 0.3 is 0 Å². The molecule has 0 saturated heterocycles. The monoisotopic (exact) mass is 327 g/mol. The summed E-state index contributed by atoms with van der Waals surface area (Å²) in [7, 11) is 0. The molecular formula is C14H15BrClNO. The first kappa shape index (κ1) is 13.7. The molecule has 1 unspecified atom stereocenters. The van der Waals surface area contributed by atoms with E-state index in [1.54, 1.807) is 0 Å². The van der Waals surface area contributed by atoms with Gasteiger partial charge in [-0.3, -0.25) is 0 Å². The van der Waals surface area contributed by atoms with Crippen LogP contribution in [0.3, 0.4) is 0 Å². The van der Waals surface area contributed by atoms with Crippen LogP contribution < -0.4 is 5.32 Å². The summed E-state index contributed by atoms with van der Waals surface area (Å²) in [5.74, 6) is 1.79.